The molecule has 0 bridgehead atoms. The van der Waals surface area contributed by atoms with Crippen LogP contribution in [0.15, 0.2) is 30.3 Å². The summed E-state index contributed by atoms with van der Waals surface area (Å²) in [5, 5.41) is 0. The van der Waals surface area contributed by atoms with Gasteiger partial charge in [0.25, 0.3) is 10.1 Å². The Morgan fingerprint density at radius 3 is 2.38 bits per heavy atom. The van der Waals surface area contributed by atoms with Gasteiger partial charge in [-0.25, -0.2) is 0 Å². The second kappa shape index (κ2) is 5.09. The van der Waals surface area contributed by atoms with Gasteiger partial charge >= 0.3 is 5.97 Å². The van der Waals surface area contributed by atoms with Gasteiger partial charge in [-0.15, -0.1) is 0 Å². The van der Waals surface area contributed by atoms with E-state index in [2.05, 4.69) is 4.74 Å². The zero-order chi connectivity index (χ0) is 12.2. The lowest BCUT2D eigenvalue weighted by molar-refractivity contribution is -0.141. The first-order chi connectivity index (χ1) is 7.44. The van der Waals surface area contributed by atoms with Crippen molar-refractivity contribution in [2.45, 2.75) is 5.92 Å². The number of hydrogen-bond donors (Lipinski definition) is 1. The van der Waals surface area contributed by atoms with Gasteiger partial charge in [-0.05, 0) is 5.56 Å². The fourth-order valence-electron chi connectivity index (χ4n) is 1.34. The van der Waals surface area contributed by atoms with Gasteiger partial charge in [0.1, 0.15) is 0 Å². The highest BCUT2D eigenvalue weighted by Gasteiger charge is 2.26. The summed E-state index contributed by atoms with van der Waals surface area (Å²) < 4.78 is 34.8. The molecule has 1 rings (SSSR count). The van der Waals surface area contributed by atoms with E-state index in [-0.39, 0.29) is 0 Å². The van der Waals surface area contributed by atoms with Crippen molar-refractivity contribution in [3.63, 3.8) is 0 Å². The number of methoxy groups -OCH3 is 1. The first-order valence-corrected chi connectivity index (χ1v) is 6.13. The standard InChI is InChI=1S/C10H12O5S/c1-15-10(11)9(7-16(12,13)14)8-5-3-2-4-6-8/h2-6,9H,7H2,1H3,(H,12,13,14). The van der Waals surface area contributed by atoms with Crippen LogP contribution in [0.25, 0.3) is 0 Å². The molecule has 1 aromatic rings. The predicted molar refractivity (Wildman–Crippen MR) is 57.6 cm³/mol. The fourth-order valence-corrected chi connectivity index (χ4v) is 2.09. The van der Waals surface area contributed by atoms with Crippen LogP contribution in [0.4, 0.5) is 0 Å². The van der Waals surface area contributed by atoms with Crippen LogP contribution in [0.5, 0.6) is 0 Å². The van der Waals surface area contributed by atoms with Crippen molar-refractivity contribution in [2.24, 2.45) is 0 Å². The van der Waals surface area contributed by atoms with E-state index >= 15 is 0 Å². The van der Waals surface area contributed by atoms with Crippen LogP contribution in [0.2, 0.25) is 0 Å². The summed E-state index contributed by atoms with van der Waals surface area (Å²) in [6.45, 7) is 0. The van der Waals surface area contributed by atoms with E-state index in [9.17, 15) is 13.2 Å². The molecular weight excluding hydrogens is 232 g/mol. The quantitative estimate of drug-likeness (QED) is 0.626. The Bertz CT molecular complexity index is 451. The molecule has 0 heterocycles. The third-order valence-corrected chi connectivity index (χ3v) is 2.82. The van der Waals surface area contributed by atoms with Gasteiger partial charge in [0.05, 0.1) is 18.8 Å². The van der Waals surface area contributed by atoms with Gasteiger partial charge in [0.15, 0.2) is 0 Å². The third-order valence-electron chi connectivity index (χ3n) is 2.06. The maximum atomic E-state index is 11.4. The number of rotatable bonds is 4. The normalized spacial score (nSPS) is 13.1. The van der Waals surface area contributed by atoms with E-state index in [1.54, 1.807) is 30.3 Å². The van der Waals surface area contributed by atoms with Crippen molar-refractivity contribution in [3.8, 4) is 0 Å². The largest absolute Gasteiger partial charge is 0.469 e. The van der Waals surface area contributed by atoms with Crippen molar-refractivity contribution in [2.75, 3.05) is 12.9 Å². The Hall–Kier alpha value is -1.40. The molecule has 16 heavy (non-hydrogen) atoms. The van der Waals surface area contributed by atoms with Crippen LogP contribution in [0.1, 0.15) is 11.5 Å². The van der Waals surface area contributed by atoms with Crippen LogP contribution in [-0.2, 0) is 19.6 Å². The van der Waals surface area contributed by atoms with E-state index in [1.165, 1.54) is 7.11 Å². The fraction of sp³-hybridized carbons (Fsp3) is 0.300. The highest BCUT2D eigenvalue weighted by atomic mass is 32.2. The summed E-state index contributed by atoms with van der Waals surface area (Å²) in [6.07, 6.45) is 0. The number of hydrogen-bond acceptors (Lipinski definition) is 4. The number of carbonyl (C=O) groups is 1. The number of esters is 1. The molecule has 0 aromatic heterocycles. The molecule has 0 saturated heterocycles. The minimum Gasteiger partial charge on any atom is -0.469 e. The topological polar surface area (TPSA) is 80.7 Å². The lowest BCUT2D eigenvalue weighted by Gasteiger charge is -2.12. The molecule has 0 aliphatic heterocycles. The lowest BCUT2D eigenvalue weighted by Crippen LogP contribution is -2.22. The maximum Gasteiger partial charge on any atom is 0.314 e. The highest BCUT2D eigenvalue weighted by Crippen LogP contribution is 2.18. The van der Waals surface area contributed by atoms with Crippen LogP contribution in [0, 0.1) is 0 Å². The van der Waals surface area contributed by atoms with Crippen LogP contribution in [-0.4, -0.2) is 31.8 Å². The summed E-state index contributed by atoms with van der Waals surface area (Å²) in [7, 11) is -3.06. The summed E-state index contributed by atoms with van der Waals surface area (Å²) in [4.78, 5) is 11.4. The molecule has 0 radical (unpaired) electrons. The molecule has 0 amide bonds. The van der Waals surface area contributed by atoms with Gasteiger partial charge in [-0.3, -0.25) is 9.35 Å². The minimum absolute atomic E-state index is 0.493. The molecule has 1 aromatic carbocycles. The lowest BCUT2D eigenvalue weighted by atomic mass is 10.0. The highest BCUT2D eigenvalue weighted by molar-refractivity contribution is 7.85. The van der Waals surface area contributed by atoms with E-state index in [0.717, 1.165) is 0 Å². The Morgan fingerprint density at radius 2 is 1.94 bits per heavy atom. The minimum atomic E-state index is -4.23. The number of ether oxygens (including phenoxy) is 1. The van der Waals surface area contributed by atoms with E-state index < -0.39 is 27.8 Å². The van der Waals surface area contributed by atoms with Gasteiger partial charge in [0, 0.05) is 0 Å². The maximum absolute atomic E-state index is 11.4. The van der Waals surface area contributed by atoms with Crippen LogP contribution in [0.3, 0.4) is 0 Å². The molecule has 0 spiro atoms. The molecule has 1 N–H and O–H groups in total. The average molecular weight is 244 g/mol. The Morgan fingerprint density at radius 1 is 1.38 bits per heavy atom. The zero-order valence-corrected chi connectivity index (χ0v) is 9.48. The second-order valence-corrected chi connectivity index (χ2v) is 4.73. The molecule has 1 unspecified atom stereocenters. The molecule has 0 fully saturated rings. The molecule has 0 aliphatic rings. The molecular formula is C10H12O5S. The molecule has 88 valence electrons. The SMILES string of the molecule is COC(=O)C(CS(=O)(=O)O)c1ccccc1. The first-order valence-electron chi connectivity index (χ1n) is 4.52. The average Bonchev–Trinajstić information content (AvgIpc) is 2.25. The van der Waals surface area contributed by atoms with Gasteiger partial charge < -0.3 is 4.74 Å². The van der Waals surface area contributed by atoms with Gasteiger partial charge in [0.2, 0.25) is 0 Å². The Kier molecular flexibility index (Phi) is 4.03. The molecule has 0 saturated carbocycles. The van der Waals surface area contributed by atoms with Crippen molar-refractivity contribution >= 4 is 16.1 Å². The van der Waals surface area contributed by atoms with E-state index in [0.29, 0.717) is 5.56 Å². The molecule has 5 nitrogen and oxygen atoms in total. The first kappa shape index (κ1) is 12.7. The molecule has 6 heteroatoms. The van der Waals surface area contributed by atoms with Crippen molar-refractivity contribution in [3.05, 3.63) is 35.9 Å². The number of carbonyl (C=O) groups excluding carboxylic acids is 1. The van der Waals surface area contributed by atoms with Crippen molar-refractivity contribution in [1.82, 2.24) is 0 Å². The van der Waals surface area contributed by atoms with E-state index in [4.69, 9.17) is 4.55 Å². The Balaban J connectivity index is 3.02. The molecule has 1 atom stereocenters. The predicted octanol–water partition coefficient (Wildman–Crippen LogP) is 0.831. The number of benzene rings is 1. The van der Waals surface area contributed by atoms with E-state index in [1.807, 2.05) is 0 Å². The summed E-state index contributed by atoms with van der Waals surface area (Å²) in [5.41, 5.74) is 0.493. The van der Waals surface area contributed by atoms with Crippen LogP contribution >= 0.6 is 0 Å². The summed E-state index contributed by atoms with van der Waals surface area (Å²) in [5.74, 6) is -2.37. The third kappa shape index (κ3) is 3.63. The zero-order valence-electron chi connectivity index (χ0n) is 8.66. The van der Waals surface area contributed by atoms with Crippen LogP contribution < -0.4 is 0 Å². The molecule has 0 aliphatic carbocycles. The monoisotopic (exact) mass is 244 g/mol. The van der Waals surface area contributed by atoms with Gasteiger partial charge in [-0.1, -0.05) is 30.3 Å². The summed E-state index contributed by atoms with van der Waals surface area (Å²) in [6, 6.07) is 8.30. The van der Waals surface area contributed by atoms with Crippen molar-refractivity contribution in [1.29, 1.82) is 0 Å². The van der Waals surface area contributed by atoms with Gasteiger partial charge in [-0.2, -0.15) is 8.42 Å². The Labute approximate surface area is 93.8 Å². The summed E-state index contributed by atoms with van der Waals surface area (Å²) >= 11 is 0. The van der Waals surface area contributed by atoms with Crippen molar-refractivity contribution < 1.29 is 22.5 Å². The smallest absolute Gasteiger partial charge is 0.314 e. The second-order valence-electron chi connectivity index (χ2n) is 3.24.